The van der Waals surface area contributed by atoms with Crippen molar-refractivity contribution >= 4 is 12.0 Å². The third-order valence-electron chi connectivity index (χ3n) is 4.29. The predicted molar refractivity (Wildman–Crippen MR) is 68.7 cm³/mol. The molecule has 6 heteroatoms. The van der Waals surface area contributed by atoms with Gasteiger partial charge in [0.25, 0.3) is 0 Å². The second-order valence-electron chi connectivity index (χ2n) is 6.08. The smallest absolute Gasteiger partial charge is 0.329 e. The summed E-state index contributed by atoms with van der Waals surface area (Å²) in [5.74, 6) is -0.619. The van der Waals surface area contributed by atoms with Crippen LogP contribution in [0.2, 0.25) is 0 Å². The summed E-state index contributed by atoms with van der Waals surface area (Å²) in [6.45, 7) is 2.13. The van der Waals surface area contributed by atoms with Gasteiger partial charge in [-0.05, 0) is 44.4 Å². The minimum absolute atomic E-state index is 0.0351. The van der Waals surface area contributed by atoms with Crippen molar-refractivity contribution in [3.63, 3.8) is 0 Å². The zero-order valence-electron chi connectivity index (χ0n) is 11.4. The Morgan fingerprint density at radius 1 is 1.37 bits per heavy atom. The van der Waals surface area contributed by atoms with Crippen LogP contribution in [0.25, 0.3) is 0 Å². The Kier molecular flexibility index (Phi) is 3.71. The third kappa shape index (κ3) is 3.00. The van der Waals surface area contributed by atoms with E-state index < -0.39 is 11.5 Å². The van der Waals surface area contributed by atoms with Crippen LogP contribution in [-0.4, -0.2) is 52.3 Å². The van der Waals surface area contributed by atoms with Gasteiger partial charge >= 0.3 is 12.0 Å². The summed E-state index contributed by atoms with van der Waals surface area (Å²) in [4.78, 5) is 24.9. The first kappa shape index (κ1) is 14.1. The monoisotopic (exact) mass is 270 g/mol. The molecule has 2 rings (SSSR count). The number of carboxylic acid groups (broad SMARTS) is 1. The van der Waals surface area contributed by atoms with Crippen molar-refractivity contribution in [1.29, 1.82) is 0 Å². The molecule has 2 aliphatic rings. The molecule has 19 heavy (non-hydrogen) atoms. The summed E-state index contributed by atoms with van der Waals surface area (Å²) >= 11 is 0. The Morgan fingerprint density at radius 2 is 1.95 bits per heavy atom. The molecule has 3 N–H and O–H groups in total. The lowest BCUT2D eigenvalue weighted by Gasteiger charge is -2.36. The Balaban J connectivity index is 1.86. The van der Waals surface area contributed by atoms with Gasteiger partial charge in [-0.3, -0.25) is 0 Å². The highest BCUT2D eigenvalue weighted by molar-refractivity contribution is 5.86. The lowest BCUT2D eigenvalue weighted by molar-refractivity contribution is -0.144. The van der Waals surface area contributed by atoms with Gasteiger partial charge in [0.2, 0.25) is 0 Å². The molecule has 108 valence electrons. The van der Waals surface area contributed by atoms with E-state index in [2.05, 4.69) is 5.32 Å². The van der Waals surface area contributed by atoms with Gasteiger partial charge in [-0.1, -0.05) is 0 Å². The van der Waals surface area contributed by atoms with E-state index in [1.165, 1.54) is 4.90 Å². The van der Waals surface area contributed by atoms with E-state index in [1.807, 2.05) is 0 Å². The molecule has 2 amide bonds. The molecule has 0 saturated heterocycles. The van der Waals surface area contributed by atoms with Crippen molar-refractivity contribution < 1.29 is 19.8 Å². The number of hydrogen-bond donors (Lipinski definition) is 3. The van der Waals surface area contributed by atoms with Crippen LogP contribution in [0.3, 0.4) is 0 Å². The largest absolute Gasteiger partial charge is 0.480 e. The lowest BCUT2D eigenvalue weighted by Crippen LogP contribution is -2.57. The number of rotatable bonds is 5. The summed E-state index contributed by atoms with van der Waals surface area (Å²) in [6.07, 6.45) is 2.90. The normalized spacial score (nSPS) is 29.0. The van der Waals surface area contributed by atoms with Crippen LogP contribution in [0, 0.1) is 11.8 Å². The second-order valence-corrected chi connectivity index (χ2v) is 6.08. The van der Waals surface area contributed by atoms with E-state index in [4.69, 9.17) is 0 Å². The Bertz CT molecular complexity index is 377. The van der Waals surface area contributed by atoms with E-state index in [1.54, 1.807) is 14.0 Å². The number of carbonyl (C=O) groups excluding carboxylic acids is 1. The van der Waals surface area contributed by atoms with Crippen LogP contribution in [0.4, 0.5) is 4.79 Å². The molecule has 2 fully saturated rings. The minimum Gasteiger partial charge on any atom is -0.480 e. The van der Waals surface area contributed by atoms with E-state index in [9.17, 15) is 19.8 Å². The van der Waals surface area contributed by atoms with Crippen LogP contribution in [0.1, 0.15) is 32.6 Å². The van der Waals surface area contributed by atoms with Crippen molar-refractivity contribution in [3.05, 3.63) is 0 Å². The molecule has 0 radical (unpaired) electrons. The van der Waals surface area contributed by atoms with Crippen LogP contribution in [-0.2, 0) is 4.79 Å². The van der Waals surface area contributed by atoms with Gasteiger partial charge in [0.1, 0.15) is 5.54 Å². The van der Waals surface area contributed by atoms with E-state index in [-0.39, 0.29) is 18.1 Å². The molecule has 0 aromatic carbocycles. The zero-order chi connectivity index (χ0) is 14.2. The van der Waals surface area contributed by atoms with Gasteiger partial charge < -0.3 is 20.4 Å². The number of aliphatic carboxylic acids is 1. The Labute approximate surface area is 112 Å². The third-order valence-corrected chi connectivity index (χ3v) is 4.29. The fraction of sp³-hybridized carbons (Fsp3) is 0.846. The lowest BCUT2D eigenvalue weighted by atomic mass is 9.82. The number of hydrogen-bond acceptors (Lipinski definition) is 3. The van der Waals surface area contributed by atoms with Crippen LogP contribution in [0.5, 0.6) is 0 Å². The van der Waals surface area contributed by atoms with Crippen LogP contribution in [0.15, 0.2) is 0 Å². The topological polar surface area (TPSA) is 89.9 Å². The van der Waals surface area contributed by atoms with Gasteiger partial charge in [-0.25, -0.2) is 9.59 Å². The van der Waals surface area contributed by atoms with Crippen molar-refractivity contribution in [2.75, 3.05) is 13.6 Å². The molecule has 2 saturated carbocycles. The van der Waals surface area contributed by atoms with Gasteiger partial charge in [0.15, 0.2) is 0 Å². The van der Waals surface area contributed by atoms with Crippen molar-refractivity contribution in [2.45, 2.75) is 44.2 Å². The molecule has 2 aliphatic carbocycles. The summed E-state index contributed by atoms with van der Waals surface area (Å²) in [5, 5.41) is 21.1. The molecular formula is C13H22N2O4. The van der Waals surface area contributed by atoms with Crippen molar-refractivity contribution in [1.82, 2.24) is 10.2 Å². The maximum absolute atomic E-state index is 12.0. The maximum Gasteiger partial charge on any atom is 0.329 e. The number of aliphatic hydroxyl groups excluding tert-OH is 1. The minimum atomic E-state index is -1.16. The molecular weight excluding hydrogens is 248 g/mol. The fourth-order valence-corrected chi connectivity index (χ4v) is 2.63. The average molecular weight is 270 g/mol. The molecule has 0 spiro atoms. The first-order valence-electron chi connectivity index (χ1n) is 6.77. The first-order chi connectivity index (χ1) is 8.83. The standard InChI is InChI=1S/C13H22N2O4/c1-13(11(17)18,9-3-4-9)14-12(19)15(2)7-8-5-10(16)6-8/h8-10,16H,3-7H2,1-2H3,(H,14,19)(H,17,18). The number of carbonyl (C=O) groups is 2. The average Bonchev–Trinajstić information content (AvgIpc) is 3.10. The number of aliphatic hydroxyl groups is 1. The number of urea groups is 1. The number of amides is 2. The van der Waals surface area contributed by atoms with Gasteiger partial charge in [-0.2, -0.15) is 0 Å². The second kappa shape index (κ2) is 5.00. The summed E-state index contributed by atoms with van der Waals surface area (Å²) in [5.41, 5.74) is -1.16. The Hall–Kier alpha value is -1.30. The van der Waals surface area contributed by atoms with E-state index >= 15 is 0 Å². The quantitative estimate of drug-likeness (QED) is 0.684. The van der Waals surface area contributed by atoms with Crippen molar-refractivity contribution in [3.8, 4) is 0 Å². The van der Waals surface area contributed by atoms with Crippen LogP contribution < -0.4 is 5.32 Å². The number of nitrogens with one attached hydrogen (secondary N) is 1. The molecule has 1 unspecified atom stereocenters. The van der Waals surface area contributed by atoms with Gasteiger partial charge in [0.05, 0.1) is 6.10 Å². The van der Waals surface area contributed by atoms with Gasteiger partial charge in [0, 0.05) is 13.6 Å². The van der Waals surface area contributed by atoms with E-state index in [0.717, 1.165) is 25.7 Å². The van der Waals surface area contributed by atoms with Crippen LogP contribution >= 0.6 is 0 Å². The highest BCUT2D eigenvalue weighted by Crippen LogP contribution is 2.39. The molecule has 0 aromatic heterocycles. The molecule has 0 heterocycles. The van der Waals surface area contributed by atoms with Gasteiger partial charge in [-0.15, -0.1) is 0 Å². The fourth-order valence-electron chi connectivity index (χ4n) is 2.63. The summed E-state index contributed by atoms with van der Waals surface area (Å²) in [6, 6.07) is -0.349. The SMILES string of the molecule is CN(CC1CC(O)C1)C(=O)NC(C)(C(=O)O)C1CC1. The van der Waals surface area contributed by atoms with Crippen molar-refractivity contribution in [2.24, 2.45) is 11.8 Å². The molecule has 0 bridgehead atoms. The molecule has 1 atom stereocenters. The highest BCUT2D eigenvalue weighted by atomic mass is 16.4. The first-order valence-corrected chi connectivity index (χ1v) is 6.77. The molecule has 6 nitrogen and oxygen atoms in total. The predicted octanol–water partition coefficient (Wildman–Crippen LogP) is 0.652. The van der Waals surface area contributed by atoms with E-state index in [0.29, 0.717) is 12.5 Å². The maximum atomic E-state index is 12.0. The molecule has 0 aromatic rings. The summed E-state index contributed by atoms with van der Waals surface area (Å²) in [7, 11) is 1.66. The number of carboxylic acids is 1. The zero-order valence-corrected chi connectivity index (χ0v) is 11.4. The number of nitrogens with zero attached hydrogens (tertiary/aromatic N) is 1. The Morgan fingerprint density at radius 3 is 2.37 bits per heavy atom. The summed E-state index contributed by atoms with van der Waals surface area (Å²) < 4.78 is 0. The molecule has 0 aliphatic heterocycles. The highest BCUT2D eigenvalue weighted by Gasteiger charge is 2.49.